The Morgan fingerprint density at radius 2 is 1.85 bits per heavy atom. The van der Waals surface area contributed by atoms with E-state index in [1.54, 1.807) is 24.3 Å². The minimum absolute atomic E-state index is 0.00964. The van der Waals surface area contributed by atoms with E-state index in [0.29, 0.717) is 24.8 Å². The predicted octanol–water partition coefficient (Wildman–Crippen LogP) is 4.28. The van der Waals surface area contributed by atoms with E-state index in [4.69, 9.17) is 9.47 Å². The van der Waals surface area contributed by atoms with E-state index in [-0.39, 0.29) is 34.8 Å². The zero-order valence-electron chi connectivity index (χ0n) is 25.9. The number of aliphatic hydroxyl groups excluding tert-OH is 3. The second kappa shape index (κ2) is 11.0. The summed E-state index contributed by atoms with van der Waals surface area (Å²) in [5.74, 6) is -0.485. The molecule has 9 atom stereocenters. The highest BCUT2D eigenvalue weighted by atomic mass is 16.7. The van der Waals surface area contributed by atoms with E-state index in [1.807, 2.05) is 37.3 Å². The van der Waals surface area contributed by atoms with Gasteiger partial charge in [0.05, 0.1) is 29.3 Å². The first kappa shape index (κ1) is 31.1. The number of allylic oxidation sites excluding steroid dienone is 4. The lowest BCUT2D eigenvalue weighted by atomic mass is 9.46. The van der Waals surface area contributed by atoms with Gasteiger partial charge >= 0.3 is 0 Å². The van der Waals surface area contributed by atoms with Crippen molar-refractivity contribution in [2.45, 2.75) is 76.7 Å². The van der Waals surface area contributed by atoms with E-state index < -0.39 is 58.8 Å². The molecule has 0 unspecified atom stereocenters. The summed E-state index contributed by atoms with van der Waals surface area (Å²) in [5, 5.41) is 42.9. The van der Waals surface area contributed by atoms with Gasteiger partial charge in [0.25, 0.3) is 5.69 Å². The molecule has 0 radical (unpaired) electrons. The lowest BCUT2D eigenvalue weighted by Gasteiger charge is -2.59. The Labute approximate surface area is 266 Å². The summed E-state index contributed by atoms with van der Waals surface area (Å²) in [6, 6.07) is 12.3. The van der Waals surface area contributed by atoms with Crippen LogP contribution in [0.25, 0.3) is 0 Å². The number of hydrogen-bond acceptors (Lipinski definition) is 9. The molecule has 0 spiro atoms. The highest BCUT2D eigenvalue weighted by molar-refractivity contribution is 6.01. The van der Waals surface area contributed by atoms with Crippen molar-refractivity contribution in [3.63, 3.8) is 0 Å². The van der Waals surface area contributed by atoms with Gasteiger partial charge in [-0.05, 0) is 73.3 Å². The molecule has 0 aromatic heterocycles. The molecule has 1 saturated heterocycles. The summed E-state index contributed by atoms with van der Waals surface area (Å²) in [5.41, 5.74) is 0.880. The summed E-state index contributed by atoms with van der Waals surface area (Å²) in [7, 11) is 0. The van der Waals surface area contributed by atoms with E-state index in [0.717, 1.165) is 29.5 Å². The van der Waals surface area contributed by atoms with Gasteiger partial charge in [0, 0.05) is 28.4 Å². The van der Waals surface area contributed by atoms with Gasteiger partial charge in [-0.1, -0.05) is 55.8 Å². The third-order valence-electron chi connectivity index (χ3n) is 12.0. The molecule has 2 aromatic rings. The number of benzene rings is 2. The van der Waals surface area contributed by atoms with Crippen molar-refractivity contribution in [2.75, 3.05) is 6.61 Å². The van der Waals surface area contributed by atoms with Crippen LogP contribution in [0.4, 0.5) is 5.69 Å². The Morgan fingerprint density at radius 1 is 1.11 bits per heavy atom. The maximum absolute atomic E-state index is 13.8. The van der Waals surface area contributed by atoms with Gasteiger partial charge in [-0.25, -0.2) is 0 Å². The van der Waals surface area contributed by atoms with E-state index in [1.165, 1.54) is 6.07 Å². The molecule has 7 rings (SSSR count). The Hall–Kier alpha value is -3.54. The fourth-order valence-corrected chi connectivity index (χ4v) is 9.89. The number of nitro benzene ring substituents is 1. The predicted molar refractivity (Wildman–Crippen MR) is 165 cm³/mol. The quantitative estimate of drug-likeness (QED) is 0.301. The van der Waals surface area contributed by atoms with Gasteiger partial charge in [0.15, 0.2) is 23.5 Å². The van der Waals surface area contributed by atoms with Crippen LogP contribution in [0.5, 0.6) is 0 Å². The van der Waals surface area contributed by atoms with E-state index in [2.05, 4.69) is 6.92 Å². The van der Waals surface area contributed by atoms with E-state index in [9.17, 15) is 35.0 Å². The third-order valence-corrected chi connectivity index (χ3v) is 12.0. The van der Waals surface area contributed by atoms with Crippen LogP contribution in [0, 0.1) is 38.7 Å². The van der Waals surface area contributed by atoms with Gasteiger partial charge in [0.1, 0.15) is 6.61 Å². The Balaban J connectivity index is 1.15. The standard InChI is InChI=1S/C36H39NO9/c1-34-12-11-25(40)15-24(34)9-10-26-27-16-31-36(30(42)19-39,35(27,2)17-29(41)32(26)34)46-33(45-31)22-6-3-20(4-7-22)13-21-5-8-23(18-38)28(14-21)37(43)44/h3-8,11-12,14-15,26-27,29,31-33,38-39,41H,9-10,13,16-19H2,1-2H3/t26-,27-,29-,31+,32+,33+,34-,35-,36+/m0/s1. The minimum atomic E-state index is -1.43. The molecule has 3 saturated carbocycles. The number of carbonyl (C=O) groups is 2. The van der Waals surface area contributed by atoms with Gasteiger partial charge in [-0.2, -0.15) is 0 Å². The second-order valence-corrected chi connectivity index (χ2v) is 14.1. The van der Waals surface area contributed by atoms with Crippen molar-refractivity contribution in [1.82, 2.24) is 0 Å². The molecule has 4 fully saturated rings. The zero-order chi connectivity index (χ0) is 32.6. The largest absolute Gasteiger partial charge is 0.393 e. The van der Waals surface area contributed by atoms with Crippen molar-refractivity contribution in [2.24, 2.45) is 28.6 Å². The topological polar surface area (TPSA) is 156 Å². The van der Waals surface area contributed by atoms with Crippen LogP contribution in [-0.4, -0.2) is 56.2 Å². The average Bonchev–Trinajstić information content (AvgIpc) is 3.54. The van der Waals surface area contributed by atoms with Crippen LogP contribution in [0.1, 0.15) is 68.1 Å². The smallest absolute Gasteiger partial charge is 0.275 e. The van der Waals surface area contributed by atoms with Crippen LogP contribution < -0.4 is 0 Å². The first-order valence-electron chi connectivity index (χ1n) is 16.0. The number of rotatable bonds is 7. The van der Waals surface area contributed by atoms with Crippen LogP contribution in [0.15, 0.2) is 66.3 Å². The van der Waals surface area contributed by atoms with Crippen molar-refractivity contribution >= 4 is 17.3 Å². The normalized spacial score (nSPS) is 37.6. The molecule has 10 nitrogen and oxygen atoms in total. The summed E-state index contributed by atoms with van der Waals surface area (Å²) >= 11 is 0. The molecule has 5 aliphatic rings. The monoisotopic (exact) mass is 629 g/mol. The fourth-order valence-electron chi connectivity index (χ4n) is 9.89. The molecule has 242 valence electrons. The summed E-state index contributed by atoms with van der Waals surface area (Å²) < 4.78 is 13.2. The Kier molecular flexibility index (Phi) is 7.45. The molecule has 46 heavy (non-hydrogen) atoms. The number of nitrogens with zero attached hydrogens (tertiary/aromatic N) is 1. The molecule has 4 aliphatic carbocycles. The van der Waals surface area contributed by atoms with Crippen molar-refractivity contribution < 1.29 is 39.3 Å². The highest BCUT2D eigenvalue weighted by Crippen LogP contribution is 2.70. The third kappa shape index (κ3) is 4.41. The molecule has 3 N–H and O–H groups in total. The van der Waals surface area contributed by atoms with Crippen molar-refractivity contribution in [1.29, 1.82) is 0 Å². The van der Waals surface area contributed by atoms with Crippen molar-refractivity contribution in [3.8, 4) is 0 Å². The minimum Gasteiger partial charge on any atom is -0.393 e. The fraction of sp³-hybridized carbons (Fsp3) is 0.500. The molecule has 1 aliphatic heterocycles. The Bertz CT molecular complexity index is 1670. The molecule has 0 bridgehead atoms. The second-order valence-electron chi connectivity index (χ2n) is 14.1. The summed E-state index contributed by atoms with van der Waals surface area (Å²) in [6.07, 6.45) is 5.92. The zero-order valence-corrected chi connectivity index (χ0v) is 25.9. The first-order valence-corrected chi connectivity index (χ1v) is 16.0. The molecular formula is C36H39NO9. The van der Waals surface area contributed by atoms with Gasteiger partial charge in [-0.15, -0.1) is 0 Å². The number of hydrogen-bond donors (Lipinski definition) is 3. The number of ether oxygens (including phenoxy) is 2. The Morgan fingerprint density at radius 3 is 2.54 bits per heavy atom. The lowest BCUT2D eigenvalue weighted by Crippen LogP contribution is -2.63. The maximum Gasteiger partial charge on any atom is 0.275 e. The van der Waals surface area contributed by atoms with Crippen LogP contribution in [-0.2, 0) is 32.1 Å². The van der Waals surface area contributed by atoms with Crippen LogP contribution >= 0.6 is 0 Å². The van der Waals surface area contributed by atoms with Gasteiger partial charge in [-0.3, -0.25) is 19.7 Å². The number of Topliss-reactive ketones (excluding diaryl/α,β-unsaturated/α-hetero) is 1. The molecule has 1 heterocycles. The van der Waals surface area contributed by atoms with Gasteiger partial charge < -0.3 is 24.8 Å². The molecule has 2 aromatic carbocycles. The number of aliphatic hydroxyl groups is 3. The van der Waals surface area contributed by atoms with Gasteiger partial charge in [0.2, 0.25) is 0 Å². The molecule has 0 amide bonds. The van der Waals surface area contributed by atoms with Crippen LogP contribution in [0.3, 0.4) is 0 Å². The molecule has 10 heteroatoms. The summed E-state index contributed by atoms with van der Waals surface area (Å²) in [6.45, 7) is 3.00. The number of nitro groups is 1. The first-order chi connectivity index (χ1) is 21.9. The number of carbonyl (C=O) groups excluding carboxylic acids is 2. The van der Waals surface area contributed by atoms with Crippen molar-refractivity contribution in [3.05, 3.63) is 98.6 Å². The SMILES string of the molecule is C[C@]12C=CC(=O)C=C1CC[C@@H]1[C@@H]2[C@@H](O)C[C@@]2(C)[C@H]1C[C@H]1O[C@@H](c3ccc(Cc4ccc(CO)c([N+](=O)[O-])c4)cc3)O[C@]12C(=O)CO. The highest BCUT2D eigenvalue weighted by Gasteiger charge is 2.75. The number of fused-ring (bicyclic) bond motifs is 7. The molecular weight excluding hydrogens is 590 g/mol. The van der Waals surface area contributed by atoms with Crippen LogP contribution in [0.2, 0.25) is 0 Å². The summed E-state index contributed by atoms with van der Waals surface area (Å²) in [4.78, 5) is 36.9. The average molecular weight is 630 g/mol. The van der Waals surface area contributed by atoms with E-state index >= 15 is 0 Å². The maximum atomic E-state index is 13.8. The lowest BCUT2D eigenvalue weighted by molar-refractivity contribution is -0.385. The number of ketones is 2.